The fraction of sp³-hybridized carbons (Fsp3) is 1.00. The van der Waals surface area contributed by atoms with Crippen molar-refractivity contribution in [1.82, 2.24) is 4.72 Å². The van der Waals surface area contributed by atoms with Crippen LogP contribution in [0.4, 0.5) is 0 Å². The Labute approximate surface area is 79.4 Å². The average molecular weight is 207 g/mol. The first-order valence-corrected chi connectivity index (χ1v) is 6.36. The molecule has 1 saturated carbocycles. The quantitative estimate of drug-likeness (QED) is 0.648. The summed E-state index contributed by atoms with van der Waals surface area (Å²) in [5.41, 5.74) is 0. The molecule has 0 saturated heterocycles. The molecule has 0 aromatic heterocycles. The summed E-state index contributed by atoms with van der Waals surface area (Å²) < 4.78 is 25.0. The average Bonchev–Trinajstić information content (AvgIpc) is 2.82. The molecule has 0 aromatic rings. The second-order valence-electron chi connectivity index (χ2n) is 3.58. The van der Waals surface area contributed by atoms with E-state index in [4.69, 9.17) is 0 Å². The van der Waals surface area contributed by atoms with Crippen LogP contribution in [0.5, 0.6) is 0 Å². The molecular weight excluding hydrogens is 190 g/mol. The Morgan fingerprint density at radius 2 is 2.15 bits per heavy atom. The molecule has 1 atom stereocenters. The molecule has 4 nitrogen and oxygen atoms in total. The van der Waals surface area contributed by atoms with Gasteiger partial charge in [-0.05, 0) is 25.2 Å². The number of rotatable bonds is 6. The van der Waals surface area contributed by atoms with Gasteiger partial charge >= 0.3 is 0 Å². The third kappa shape index (κ3) is 4.06. The highest BCUT2D eigenvalue weighted by atomic mass is 32.2. The van der Waals surface area contributed by atoms with Gasteiger partial charge in [-0.1, -0.05) is 6.92 Å². The molecule has 13 heavy (non-hydrogen) atoms. The minimum absolute atomic E-state index is 0.141. The molecule has 0 spiro atoms. The molecule has 1 aliphatic rings. The van der Waals surface area contributed by atoms with E-state index >= 15 is 0 Å². The van der Waals surface area contributed by atoms with Crippen molar-refractivity contribution in [2.24, 2.45) is 5.92 Å². The largest absolute Gasteiger partial charge is 0.392 e. The van der Waals surface area contributed by atoms with Gasteiger partial charge in [0.25, 0.3) is 0 Å². The molecule has 1 fully saturated rings. The highest BCUT2D eigenvalue weighted by Gasteiger charge is 2.32. The Morgan fingerprint density at radius 1 is 1.54 bits per heavy atom. The maximum atomic E-state index is 11.3. The van der Waals surface area contributed by atoms with Gasteiger partial charge in [0.2, 0.25) is 10.0 Å². The van der Waals surface area contributed by atoms with Crippen LogP contribution in [-0.2, 0) is 10.0 Å². The fourth-order valence-corrected chi connectivity index (χ4v) is 2.51. The van der Waals surface area contributed by atoms with Crippen LogP contribution in [0.2, 0.25) is 0 Å². The van der Waals surface area contributed by atoms with E-state index < -0.39 is 16.1 Å². The number of aliphatic hydroxyl groups excluding tert-OH is 1. The Morgan fingerprint density at radius 3 is 2.62 bits per heavy atom. The molecular formula is C8H17NO3S. The number of hydrogen-bond acceptors (Lipinski definition) is 3. The first kappa shape index (κ1) is 10.9. The SMILES string of the molecule is CCCNS(=O)(=O)CC(O)C1CC1. The molecule has 0 heterocycles. The maximum Gasteiger partial charge on any atom is 0.214 e. The van der Waals surface area contributed by atoms with E-state index in [9.17, 15) is 13.5 Å². The third-order valence-corrected chi connectivity index (χ3v) is 3.55. The Kier molecular flexibility index (Phi) is 3.70. The molecule has 1 aliphatic carbocycles. The lowest BCUT2D eigenvalue weighted by Crippen LogP contribution is -2.33. The van der Waals surface area contributed by atoms with Crippen molar-refractivity contribution in [2.75, 3.05) is 12.3 Å². The summed E-state index contributed by atoms with van der Waals surface area (Å²) in [5.74, 6) is 0.0794. The minimum Gasteiger partial charge on any atom is -0.392 e. The Bertz CT molecular complexity index is 246. The van der Waals surface area contributed by atoms with Gasteiger partial charge in [0.1, 0.15) is 0 Å². The van der Waals surface area contributed by atoms with Gasteiger partial charge in [0.05, 0.1) is 11.9 Å². The van der Waals surface area contributed by atoms with E-state index in [0.717, 1.165) is 19.3 Å². The van der Waals surface area contributed by atoms with Gasteiger partial charge in [-0.3, -0.25) is 0 Å². The Hall–Kier alpha value is -0.130. The van der Waals surface area contributed by atoms with Crippen LogP contribution in [0.25, 0.3) is 0 Å². The minimum atomic E-state index is -3.25. The van der Waals surface area contributed by atoms with Crippen molar-refractivity contribution < 1.29 is 13.5 Å². The second kappa shape index (κ2) is 4.39. The van der Waals surface area contributed by atoms with Crippen LogP contribution >= 0.6 is 0 Å². The van der Waals surface area contributed by atoms with Gasteiger partial charge in [0, 0.05) is 6.54 Å². The highest BCUT2D eigenvalue weighted by Crippen LogP contribution is 2.32. The van der Waals surface area contributed by atoms with Crippen LogP contribution in [0.15, 0.2) is 0 Å². The van der Waals surface area contributed by atoms with Crippen molar-refractivity contribution in [3.05, 3.63) is 0 Å². The smallest absolute Gasteiger partial charge is 0.214 e. The van der Waals surface area contributed by atoms with Gasteiger partial charge in [-0.15, -0.1) is 0 Å². The van der Waals surface area contributed by atoms with Gasteiger partial charge in [-0.2, -0.15) is 0 Å². The number of sulfonamides is 1. The van der Waals surface area contributed by atoms with E-state index in [2.05, 4.69) is 4.72 Å². The summed E-state index contributed by atoms with van der Waals surface area (Å²) in [5, 5.41) is 9.40. The standard InChI is InChI=1S/C8H17NO3S/c1-2-5-9-13(11,12)6-8(10)7-3-4-7/h7-10H,2-6H2,1H3. The van der Waals surface area contributed by atoms with Crippen molar-refractivity contribution in [3.8, 4) is 0 Å². The highest BCUT2D eigenvalue weighted by molar-refractivity contribution is 7.89. The van der Waals surface area contributed by atoms with E-state index in [1.165, 1.54) is 0 Å². The lowest BCUT2D eigenvalue weighted by molar-refractivity contribution is 0.173. The molecule has 0 amide bonds. The monoisotopic (exact) mass is 207 g/mol. The van der Waals surface area contributed by atoms with Gasteiger partial charge < -0.3 is 5.11 Å². The molecule has 0 aromatic carbocycles. The zero-order chi connectivity index (χ0) is 9.90. The Balaban J connectivity index is 2.31. The lowest BCUT2D eigenvalue weighted by Gasteiger charge is -2.10. The first-order valence-electron chi connectivity index (χ1n) is 4.70. The van der Waals surface area contributed by atoms with Crippen LogP contribution in [-0.4, -0.2) is 31.9 Å². The number of aliphatic hydroxyl groups is 1. The normalized spacial score (nSPS) is 20.2. The van der Waals surface area contributed by atoms with Crippen LogP contribution in [0.3, 0.4) is 0 Å². The summed E-state index contributed by atoms with van der Waals surface area (Å²) in [6.07, 6.45) is 2.03. The topological polar surface area (TPSA) is 66.4 Å². The van der Waals surface area contributed by atoms with Gasteiger partial charge in [0.15, 0.2) is 0 Å². The molecule has 2 N–H and O–H groups in total. The van der Waals surface area contributed by atoms with Crippen molar-refractivity contribution in [2.45, 2.75) is 32.3 Å². The predicted molar refractivity (Wildman–Crippen MR) is 50.8 cm³/mol. The predicted octanol–water partition coefficient (Wildman–Crippen LogP) is 0.0867. The van der Waals surface area contributed by atoms with Crippen molar-refractivity contribution in [3.63, 3.8) is 0 Å². The summed E-state index contributed by atoms with van der Waals surface area (Å²) in [6, 6.07) is 0. The first-order chi connectivity index (χ1) is 6.05. The third-order valence-electron chi connectivity index (χ3n) is 2.13. The van der Waals surface area contributed by atoms with E-state index in [-0.39, 0.29) is 11.7 Å². The van der Waals surface area contributed by atoms with Crippen LogP contribution in [0.1, 0.15) is 26.2 Å². The number of nitrogens with one attached hydrogen (secondary N) is 1. The van der Waals surface area contributed by atoms with Crippen molar-refractivity contribution >= 4 is 10.0 Å². The summed E-state index contributed by atoms with van der Waals surface area (Å²) in [6.45, 7) is 2.36. The lowest BCUT2D eigenvalue weighted by atomic mass is 10.3. The van der Waals surface area contributed by atoms with E-state index in [1.54, 1.807) is 0 Å². The maximum absolute atomic E-state index is 11.3. The summed E-state index contributed by atoms with van der Waals surface area (Å²) >= 11 is 0. The van der Waals surface area contributed by atoms with Crippen LogP contribution in [0, 0.1) is 5.92 Å². The summed E-state index contributed by atoms with van der Waals surface area (Å²) in [7, 11) is -3.25. The number of hydrogen-bond donors (Lipinski definition) is 2. The molecule has 0 aliphatic heterocycles. The van der Waals surface area contributed by atoms with E-state index in [1.807, 2.05) is 6.92 Å². The summed E-state index contributed by atoms with van der Waals surface area (Å²) in [4.78, 5) is 0. The van der Waals surface area contributed by atoms with Crippen LogP contribution < -0.4 is 4.72 Å². The molecule has 0 radical (unpaired) electrons. The molecule has 1 unspecified atom stereocenters. The zero-order valence-corrected chi connectivity index (χ0v) is 8.68. The van der Waals surface area contributed by atoms with Crippen molar-refractivity contribution in [1.29, 1.82) is 0 Å². The molecule has 0 bridgehead atoms. The van der Waals surface area contributed by atoms with E-state index in [0.29, 0.717) is 6.54 Å². The molecule has 78 valence electrons. The fourth-order valence-electron chi connectivity index (χ4n) is 1.16. The molecule has 5 heteroatoms. The second-order valence-corrected chi connectivity index (χ2v) is 5.43. The zero-order valence-electron chi connectivity index (χ0n) is 7.86. The van der Waals surface area contributed by atoms with Gasteiger partial charge in [-0.25, -0.2) is 13.1 Å². The molecule has 1 rings (SSSR count).